The highest BCUT2D eigenvalue weighted by molar-refractivity contribution is 7.33. The van der Waals surface area contributed by atoms with Gasteiger partial charge in [0.15, 0.2) is 12.1 Å². The van der Waals surface area contributed by atoms with E-state index in [0.29, 0.717) is 13.2 Å². The van der Waals surface area contributed by atoms with Gasteiger partial charge in [-0.2, -0.15) is 10.5 Å². The predicted molar refractivity (Wildman–Crippen MR) is 43.5 cm³/mol. The summed E-state index contributed by atoms with van der Waals surface area (Å²) in [6.45, 7) is 4.47. The molecule has 0 bridgehead atoms. The molecule has 0 atom stereocenters. The molecule has 0 aliphatic rings. The smallest absolute Gasteiger partial charge is 0.311 e. The minimum atomic E-state index is -2.14. The van der Waals surface area contributed by atoms with E-state index in [1.165, 1.54) is 12.1 Å². The summed E-state index contributed by atoms with van der Waals surface area (Å²) in [4.78, 5) is 0. The second-order valence-electron chi connectivity index (χ2n) is 1.34. The molecular weight excluding hydrogens is 179 g/mol. The minimum Gasteiger partial charge on any atom is -0.311 e. The first-order valence-corrected chi connectivity index (χ1v) is 4.53. The fraction of sp³-hybridized carbons (Fsp3) is 0.667. The summed E-state index contributed by atoms with van der Waals surface area (Å²) < 4.78 is 19.6. The molecule has 0 aromatic heterocycles. The van der Waals surface area contributed by atoms with Crippen molar-refractivity contribution < 1.29 is 13.6 Å². The van der Waals surface area contributed by atoms with E-state index in [9.17, 15) is 4.57 Å². The first-order chi connectivity index (χ1) is 5.72. The molecule has 0 rings (SSSR count). The lowest BCUT2D eigenvalue weighted by Gasteiger charge is -1.97. The zero-order chi connectivity index (χ0) is 9.82. The third kappa shape index (κ3) is 16.1. The van der Waals surface area contributed by atoms with E-state index in [1.54, 1.807) is 13.8 Å². The van der Waals surface area contributed by atoms with Crippen molar-refractivity contribution >= 4 is 8.25 Å². The lowest BCUT2D eigenvalue weighted by Crippen LogP contribution is -1.81. The molecule has 12 heavy (non-hydrogen) atoms. The molecular formula is C6H11N2O3P. The van der Waals surface area contributed by atoms with Gasteiger partial charge in [-0.25, -0.2) is 0 Å². The monoisotopic (exact) mass is 190 g/mol. The molecule has 0 radical (unpaired) electrons. The van der Waals surface area contributed by atoms with Crippen LogP contribution in [0.25, 0.3) is 0 Å². The number of hydrogen-bond donors (Lipinski definition) is 0. The molecule has 0 aromatic rings. The van der Waals surface area contributed by atoms with Crippen LogP contribution in [0.15, 0.2) is 0 Å². The van der Waals surface area contributed by atoms with Gasteiger partial charge >= 0.3 is 8.25 Å². The fourth-order valence-electron chi connectivity index (χ4n) is 0.277. The summed E-state index contributed by atoms with van der Waals surface area (Å²) in [6.07, 6.45) is 0. The lowest BCUT2D eigenvalue weighted by molar-refractivity contribution is 0.243. The Morgan fingerprint density at radius 3 is 1.67 bits per heavy atom. The van der Waals surface area contributed by atoms with E-state index in [-0.39, 0.29) is 0 Å². The summed E-state index contributed by atoms with van der Waals surface area (Å²) in [5, 5.41) is 14.5. The van der Waals surface area contributed by atoms with E-state index >= 15 is 0 Å². The van der Waals surface area contributed by atoms with Gasteiger partial charge in [0.25, 0.3) is 0 Å². The normalized spacial score (nSPS) is 7.75. The molecule has 0 aliphatic heterocycles. The first-order valence-electron chi connectivity index (χ1n) is 3.30. The van der Waals surface area contributed by atoms with Crippen LogP contribution < -0.4 is 0 Å². The van der Waals surface area contributed by atoms with Crippen LogP contribution in [0.5, 0.6) is 0 Å². The molecule has 5 nitrogen and oxygen atoms in total. The van der Waals surface area contributed by atoms with E-state index in [4.69, 9.17) is 10.5 Å². The lowest BCUT2D eigenvalue weighted by atomic mass is 10.9. The molecule has 0 heterocycles. The van der Waals surface area contributed by atoms with Gasteiger partial charge in [0, 0.05) is 0 Å². The second-order valence-corrected chi connectivity index (χ2v) is 2.42. The highest BCUT2D eigenvalue weighted by Gasteiger charge is 1.91. The minimum absolute atomic E-state index is 0.456. The first kappa shape index (κ1) is 13.7. The average Bonchev–Trinajstić information content (AvgIpc) is 2.06. The molecule has 0 N–H and O–H groups in total. The quantitative estimate of drug-likeness (QED) is 0.627. The van der Waals surface area contributed by atoms with Gasteiger partial charge in [-0.1, -0.05) is 0 Å². The predicted octanol–water partition coefficient (Wildman–Crippen LogP) is 1.48. The second kappa shape index (κ2) is 12.8. The maximum absolute atomic E-state index is 10.4. The molecule has 68 valence electrons. The van der Waals surface area contributed by atoms with Crippen molar-refractivity contribution in [3.63, 3.8) is 0 Å². The largest absolute Gasteiger partial charge is 0.319 e. The number of rotatable bonds is 4. The van der Waals surface area contributed by atoms with Crippen LogP contribution in [-0.4, -0.2) is 13.2 Å². The van der Waals surface area contributed by atoms with E-state index < -0.39 is 8.25 Å². The number of hydrogen-bond acceptors (Lipinski definition) is 5. The average molecular weight is 190 g/mol. The molecule has 0 saturated heterocycles. The van der Waals surface area contributed by atoms with Crippen LogP contribution in [0, 0.1) is 22.7 Å². The molecule has 0 aliphatic carbocycles. The van der Waals surface area contributed by atoms with Crippen molar-refractivity contribution in [3.8, 4) is 12.1 Å². The van der Waals surface area contributed by atoms with E-state index in [0.717, 1.165) is 0 Å². The zero-order valence-electron chi connectivity index (χ0n) is 7.03. The van der Waals surface area contributed by atoms with Gasteiger partial charge in [-0.05, 0) is 13.8 Å². The van der Waals surface area contributed by atoms with Gasteiger partial charge in [-0.15, -0.1) is 0 Å². The summed E-state index contributed by atoms with van der Waals surface area (Å²) >= 11 is 0. The number of nitriles is 2. The Morgan fingerprint density at radius 2 is 1.50 bits per heavy atom. The molecule has 0 unspecified atom stereocenters. The topological polar surface area (TPSA) is 83.1 Å². The molecule has 0 aromatic carbocycles. The standard InChI is InChI=1S/C4H11O3P.C2N2/c1-3-6-8(5)7-4-2;3-1-2-4/h8H,3-4H2,1-2H3;. The van der Waals surface area contributed by atoms with Crippen molar-refractivity contribution in [3.05, 3.63) is 0 Å². The number of nitrogens with zero attached hydrogens (tertiary/aromatic N) is 2. The Morgan fingerprint density at radius 1 is 1.17 bits per heavy atom. The van der Waals surface area contributed by atoms with Crippen molar-refractivity contribution in [2.45, 2.75) is 13.8 Å². The van der Waals surface area contributed by atoms with Crippen molar-refractivity contribution in [1.29, 1.82) is 10.5 Å². The highest BCUT2D eigenvalue weighted by Crippen LogP contribution is 2.21. The van der Waals surface area contributed by atoms with Crippen LogP contribution in [0.4, 0.5) is 0 Å². The Kier molecular flexibility index (Phi) is 14.6. The summed E-state index contributed by atoms with van der Waals surface area (Å²) in [5.41, 5.74) is 0. The maximum Gasteiger partial charge on any atom is 0.319 e. The molecule has 0 spiro atoms. The summed E-state index contributed by atoms with van der Waals surface area (Å²) in [7, 11) is -2.14. The van der Waals surface area contributed by atoms with Crippen molar-refractivity contribution in [2.75, 3.05) is 13.2 Å². The van der Waals surface area contributed by atoms with Crippen LogP contribution in [-0.2, 0) is 13.6 Å². The van der Waals surface area contributed by atoms with Crippen LogP contribution in [0.1, 0.15) is 13.8 Å². The van der Waals surface area contributed by atoms with Gasteiger partial charge in [-0.3, -0.25) is 4.57 Å². The maximum atomic E-state index is 10.4. The van der Waals surface area contributed by atoms with E-state index in [1.807, 2.05) is 0 Å². The molecule has 0 amide bonds. The zero-order valence-corrected chi connectivity index (χ0v) is 8.03. The van der Waals surface area contributed by atoms with Crippen molar-refractivity contribution in [2.24, 2.45) is 0 Å². The Balaban J connectivity index is 0. The van der Waals surface area contributed by atoms with Crippen molar-refractivity contribution in [1.82, 2.24) is 0 Å². The van der Waals surface area contributed by atoms with Gasteiger partial charge < -0.3 is 9.05 Å². The SMILES string of the molecule is CCO[PH](=O)OCC.N#CC#N. The summed E-state index contributed by atoms with van der Waals surface area (Å²) in [6, 6.07) is 2.47. The van der Waals surface area contributed by atoms with Gasteiger partial charge in [0.2, 0.25) is 0 Å². The van der Waals surface area contributed by atoms with Gasteiger partial charge in [0.1, 0.15) is 0 Å². The van der Waals surface area contributed by atoms with Crippen LogP contribution in [0.2, 0.25) is 0 Å². The third-order valence-electron chi connectivity index (χ3n) is 0.574. The third-order valence-corrected chi connectivity index (χ3v) is 1.62. The molecule has 6 heteroatoms. The van der Waals surface area contributed by atoms with Gasteiger partial charge in [0.05, 0.1) is 13.2 Å². The Labute approximate surface area is 72.5 Å². The van der Waals surface area contributed by atoms with Crippen LogP contribution >= 0.6 is 8.25 Å². The molecule has 0 fully saturated rings. The van der Waals surface area contributed by atoms with E-state index in [2.05, 4.69) is 9.05 Å². The Bertz CT molecular complexity index is 174. The summed E-state index contributed by atoms with van der Waals surface area (Å²) in [5.74, 6) is 0. The highest BCUT2D eigenvalue weighted by atomic mass is 31.1. The Hall–Kier alpha value is -0.870. The fourth-order valence-corrected chi connectivity index (χ4v) is 0.832. The van der Waals surface area contributed by atoms with Crippen LogP contribution in [0.3, 0.4) is 0 Å². The molecule has 0 saturated carbocycles.